The lowest BCUT2D eigenvalue weighted by Gasteiger charge is -2.11. The van der Waals surface area contributed by atoms with Gasteiger partial charge in [-0.2, -0.15) is 0 Å². The van der Waals surface area contributed by atoms with E-state index in [1.165, 1.54) is 22.3 Å². The van der Waals surface area contributed by atoms with Gasteiger partial charge in [-0.3, -0.25) is 11.2 Å². The van der Waals surface area contributed by atoms with Crippen molar-refractivity contribution in [3.63, 3.8) is 0 Å². The highest BCUT2D eigenvalue weighted by molar-refractivity contribution is 5.38. The van der Waals surface area contributed by atoms with Crippen LogP contribution >= 0.6 is 0 Å². The van der Waals surface area contributed by atoms with Crippen molar-refractivity contribution in [1.82, 2.24) is 10.7 Å². The zero-order chi connectivity index (χ0) is 10.6. The van der Waals surface area contributed by atoms with Crippen LogP contribution in [0.2, 0.25) is 0 Å². The highest BCUT2D eigenvalue weighted by Crippen LogP contribution is 2.16. The van der Waals surface area contributed by atoms with Crippen molar-refractivity contribution >= 4 is 0 Å². The first-order chi connectivity index (χ1) is 6.66. The standard InChI is InChI=1S/C11H19N3/c1-8-4-5-11(6-13-7-14-12)10(3)9(8)2/h4-5,13-14H,6-7,12H2,1-3H3. The molecule has 0 aliphatic carbocycles. The van der Waals surface area contributed by atoms with Gasteiger partial charge in [0.25, 0.3) is 0 Å². The van der Waals surface area contributed by atoms with Crippen molar-refractivity contribution in [2.24, 2.45) is 5.84 Å². The van der Waals surface area contributed by atoms with Gasteiger partial charge in [0.05, 0.1) is 6.67 Å². The minimum Gasteiger partial charge on any atom is -0.299 e. The molecule has 0 heterocycles. The Morgan fingerprint density at radius 3 is 2.50 bits per heavy atom. The molecule has 4 N–H and O–H groups in total. The van der Waals surface area contributed by atoms with Gasteiger partial charge in [0.2, 0.25) is 0 Å². The van der Waals surface area contributed by atoms with Crippen LogP contribution in [-0.4, -0.2) is 6.67 Å². The van der Waals surface area contributed by atoms with Gasteiger partial charge in [-0.1, -0.05) is 12.1 Å². The molecule has 0 saturated heterocycles. The molecule has 1 aromatic carbocycles. The Balaban J connectivity index is 2.73. The lowest BCUT2D eigenvalue weighted by Crippen LogP contribution is -2.33. The summed E-state index contributed by atoms with van der Waals surface area (Å²) in [6.07, 6.45) is 0. The first-order valence-electron chi connectivity index (χ1n) is 4.86. The summed E-state index contributed by atoms with van der Waals surface area (Å²) in [6.45, 7) is 7.95. The lowest BCUT2D eigenvalue weighted by molar-refractivity contribution is 0.599. The maximum atomic E-state index is 5.17. The number of nitrogens with one attached hydrogen (secondary N) is 2. The number of aryl methyl sites for hydroxylation is 1. The molecule has 0 bridgehead atoms. The lowest BCUT2D eigenvalue weighted by atomic mass is 9.99. The third kappa shape index (κ3) is 2.54. The van der Waals surface area contributed by atoms with Crippen LogP contribution in [0.15, 0.2) is 12.1 Å². The van der Waals surface area contributed by atoms with E-state index in [1.54, 1.807) is 0 Å². The van der Waals surface area contributed by atoms with Crippen LogP contribution in [0.3, 0.4) is 0 Å². The fourth-order valence-electron chi connectivity index (χ4n) is 1.47. The van der Waals surface area contributed by atoms with Crippen molar-refractivity contribution in [2.75, 3.05) is 6.67 Å². The molecule has 0 unspecified atom stereocenters. The highest BCUT2D eigenvalue weighted by atomic mass is 15.3. The SMILES string of the molecule is Cc1ccc(CNCNN)c(C)c1C. The molecule has 1 rings (SSSR count). The molecule has 0 radical (unpaired) electrons. The van der Waals surface area contributed by atoms with E-state index in [0.29, 0.717) is 6.67 Å². The minimum absolute atomic E-state index is 0.631. The van der Waals surface area contributed by atoms with Crippen molar-refractivity contribution in [2.45, 2.75) is 27.3 Å². The van der Waals surface area contributed by atoms with E-state index in [2.05, 4.69) is 43.6 Å². The van der Waals surface area contributed by atoms with E-state index in [-0.39, 0.29) is 0 Å². The number of hydrogen-bond acceptors (Lipinski definition) is 3. The van der Waals surface area contributed by atoms with Crippen LogP contribution in [0.1, 0.15) is 22.3 Å². The van der Waals surface area contributed by atoms with Crippen molar-refractivity contribution in [3.8, 4) is 0 Å². The van der Waals surface area contributed by atoms with E-state index < -0.39 is 0 Å². The molecule has 14 heavy (non-hydrogen) atoms. The summed E-state index contributed by atoms with van der Waals surface area (Å²) in [6, 6.07) is 4.33. The smallest absolute Gasteiger partial charge is 0.0590 e. The van der Waals surface area contributed by atoms with E-state index in [4.69, 9.17) is 5.84 Å². The third-order valence-corrected chi connectivity index (χ3v) is 2.71. The van der Waals surface area contributed by atoms with E-state index in [9.17, 15) is 0 Å². The zero-order valence-corrected chi connectivity index (χ0v) is 9.15. The van der Waals surface area contributed by atoms with E-state index >= 15 is 0 Å². The fraction of sp³-hybridized carbons (Fsp3) is 0.455. The molecule has 3 nitrogen and oxygen atoms in total. The second-order valence-corrected chi connectivity index (χ2v) is 3.60. The number of benzene rings is 1. The quantitative estimate of drug-likeness (QED) is 0.291. The number of nitrogens with two attached hydrogens (primary N) is 1. The summed E-state index contributed by atoms with van der Waals surface area (Å²) >= 11 is 0. The molecule has 0 aromatic heterocycles. The molecule has 0 atom stereocenters. The summed E-state index contributed by atoms with van der Waals surface area (Å²) in [4.78, 5) is 0. The average molecular weight is 193 g/mol. The van der Waals surface area contributed by atoms with Gasteiger partial charge in [0.1, 0.15) is 0 Å². The molecule has 0 aliphatic heterocycles. The summed E-state index contributed by atoms with van der Waals surface area (Å²) in [5, 5.41) is 3.20. The molecule has 0 spiro atoms. The molecule has 3 heteroatoms. The number of hydrazine groups is 1. The first-order valence-corrected chi connectivity index (χ1v) is 4.86. The van der Waals surface area contributed by atoms with Crippen molar-refractivity contribution in [1.29, 1.82) is 0 Å². The van der Waals surface area contributed by atoms with E-state index in [0.717, 1.165) is 6.54 Å². The van der Waals surface area contributed by atoms with Crippen molar-refractivity contribution < 1.29 is 0 Å². The Bertz CT molecular complexity index is 308. The van der Waals surface area contributed by atoms with Crippen LogP contribution in [0.5, 0.6) is 0 Å². The Labute approximate surface area is 85.7 Å². The first kappa shape index (κ1) is 11.2. The van der Waals surface area contributed by atoms with Crippen LogP contribution < -0.4 is 16.6 Å². The predicted octanol–water partition coefficient (Wildman–Crippen LogP) is 1.12. The molecule has 0 aliphatic rings. The monoisotopic (exact) mass is 193 g/mol. The maximum absolute atomic E-state index is 5.17. The topological polar surface area (TPSA) is 50.1 Å². The van der Waals surface area contributed by atoms with Crippen LogP contribution in [0.4, 0.5) is 0 Å². The van der Waals surface area contributed by atoms with Gasteiger partial charge in [0.15, 0.2) is 0 Å². The Hall–Kier alpha value is -0.900. The second-order valence-electron chi connectivity index (χ2n) is 3.60. The average Bonchev–Trinajstić information content (AvgIpc) is 2.18. The van der Waals surface area contributed by atoms with Gasteiger partial charge in [0, 0.05) is 6.54 Å². The molecular weight excluding hydrogens is 174 g/mol. The van der Waals surface area contributed by atoms with Crippen LogP contribution in [0, 0.1) is 20.8 Å². The second kappa shape index (κ2) is 5.10. The summed E-state index contributed by atoms with van der Waals surface area (Å²) < 4.78 is 0. The third-order valence-electron chi connectivity index (χ3n) is 2.71. The van der Waals surface area contributed by atoms with Gasteiger partial charge in [-0.15, -0.1) is 0 Å². The van der Waals surface area contributed by atoms with Crippen LogP contribution in [0.25, 0.3) is 0 Å². The molecule has 78 valence electrons. The van der Waals surface area contributed by atoms with Gasteiger partial charge < -0.3 is 0 Å². The van der Waals surface area contributed by atoms with Crippen molar-refractivity contribution in [3.05, 3.63) is 34.4 Å². The number of hydrogen-bond donors (Lipinski definition) is 3. The fourth-order valence-corrected chi connectivity index (χ4v) is 1.47. The van der Waals surface area contributed by atoms with E-state index in [1.807, 2.05) is 0 Å². The zero-order valence-electron chi connectivity index (χ0n) is 9.15. The van der Waals surface area contributed by atoms with Gasteiger partial charge >= 0.3 is 0 Å². The molecular formula is C11H19N3. The number of rotatable bonds is 4. The summed E-state index contributed by atoms with van der Waals surface area (Å²) in [7, 11) is 0. The normalized spacial score (nSPS) is 10.6. The minimum atomic E-state index is 0.631. The van der Waals surface area contributed by atoms with Gasteiger partial charge in [-0.05, 0) is 43.0 Å². The van der Waals surface area contributed by atoms with Crippen LogP contribution in [-0.2, 0) is 6.54 Å². The highest BCUT2D eigenvalue weighted by Gasteiger charge is 2.02. The molecule has 0 amide bonds. The summed E-state index contributed by atoms with van der Waals surface area (Å²) in [5.41, 5.74) is 8.01. The Kier molecular flexibility index (Phi) is 4.07. The predicted molar refractivity (Wildman–Crippen MR) is 59.7 cm³/mol. The molecule has 0 saturated carbocycles. The Morgan fingerprint density at radius 1 is 1.14 bits per heavy atom. The maximum Gasteiger partial charge on any atom is 0.0590 e. The Morgan fingerprint density at radius 2 is 1.86 bits per heavy atom. The largest absolute Gasteiger partial charge is 0.299 e. The molecule has 0 fully saturated rings. The summed E-state index contributed by atoms with van der Waals surface area (Å²) in [5.74, 6) is 5.17. The molecule has 1 aromatic rings. The van der Waals surface area contributed by atoms with Gasteiger partial charge in [-0.25, -0.2) is 5.43 Å².